The molecular weight excluding hydrogens is 428 g/mol. The minimum atomic E-state index is -0.926. The van der Waals surface area contributed by atoms with Crippen LogP contribution in [0.3, 0.4) is 0 Å². The predicted octanol–water partition coefficient (Wildman–Crippen LogP) is 3.26. The van der Waals surface area contributed by atoms with Gasteiger partial charge >= 0.3 is 5.97 Å². The Kier molecular flexibility index (Phi) is 5.73. The van der Waals surface area contributed by atoms with E-state index in [0.29, 0.717) is 11.4 Å². The molecule has 1 amide bonds. The molecule has 0 atom stereocenters. The molecule has 0 saturated heterocycles. The molecule has 0 spiro atoms. The van der Waals surface area contributed by atoms with Crippen molar-refractivity contribution in [1.82, 2.24) is 15.0 Å². The summed E-state index contributed by atoms with van der Waals surface area (Å²) >= 11 is 1.12. The quantitative estimate of drug-likeness (QED) is 0.345. The molecule has 0 aliphatic heterocycles. The Balaban J connectivity index is 2.01. The third kappa shape index (κ3) is 6.02. The number of carbonyl (C=O) groups excluding carboxylic acids is 1. The standard InChI is InChI=1S/C22H20N6O3S/c1-13(29)25-16-7-5-14(6-8-16)20-18(11-23)21(24)28-22(27-20)32-12-17-4-2-3-15(26-17)9-10-19(30)31/h2-8H,9-10,12H2,1H3,(H,25,29)(H,30,31)(H2,24,27,28)/i5D,6D,7D,8D. The van der Waals surface area contributed by atoms with Gasteiger partial charge < -0.3 is 16.2 Å². The molecule has 32 heavy (non-hydrogen) atoms. The van der Waals surface area contributed by atoms with E-state index in [1.165, 1.54) is 6.92 Å². The van der Waals surface area contributed by atoms with Crippen LogP contribution in [0, 0.1) is 11.3 Å². The molecule has 0 bridgehead atoms. The number of benzene rings is 1. The molecule has 0 unspecified atom stereocenters. The van der Waals surface area contributed by atoms with E-state index in [1.807, 2.05) is 6.07 Å². The van der Waals surface area contributed by atoms with Crippen LogP contribution in [0.5, 0.6) is 0 Å². The first kappa shape index (κ1) is 17.7. The van der Waals surface area contributed by atoms with Gasteiger partial charge in [-0.2, -0.15) is 5.26 Å². The number of thioether (sulfide) groups is 1. The van der Waals surface area contributed by atoms with Crippen LogP contribution < -0.4 is 11.1 Å². The van der Waals surface area contributed by atoms with Crippen LogP contribution in [0.15, 0.2) is 47.5 Å². The largest absolute Gasteiger partial charge is 0.481 e. The molecule has 9 nitrogen and oxygen atoms in total. The molecule has 10 heteroatoms. The number of nitrogens with one attached hydrogen (secondary N) is 1. The molecule has 0 radical (unpaired) electrons. The van der Waals surface area contributed by atoms with Gasteiger partial charge in [-0.1, -0.05) is 29.9 Å². The van der Waals surface area contributed by atoms with Gasteiger partial charge in [-0.25, -0.2) is 9.97 Å². The zero-order chi connectivity index (χ0) is 26.6. The smallest absolute Gasteiger partial charge is 0.303 e. The van der Waals surface area contributed by atoms with Crippen molar-refractivity contribution in [2.24, 2.45) is 0 Å². The second-order valence-corrected chi connectivity index (χ2v) is 7.40. The van der Waals surface area contributed by atoms with Gasteiger partial charge in [-0.3, -0.25) is 14.6 Å². The minimum absolute atomic E-state index is 0.0517. The summed E-state index contributed by atoms with van der Waals surface area (Å²) in [7, 11) is 0. The van der Waals surface area contributed by atoms with Gasteiger partial charge in [0, 0.05) is 36.0 Å². The number of hydrogen-bond acceptors (Lipinski definition) is 8. The number of aryl methyl sites for hydroxylation is 1. The van der Waals surface area contributed by atoms with Crippen molar-refractivity contribution < 1.29 is 20.2 Å². The molecule has 2 aromatic heterocycles. The van der Waals surface area contributed by atoms with Gasteiger partial charge in [0.15, 0.2) is 5.16 Å². The Morgan fingerprint density at radius 3 is 2.59 bits per heavy atom. The average molecular weight is 453 g/mol. The summed E-state index contributed by atoms with van der Waals surface area (Å²) in [5.41, 5.74) is 6.30. The van der Waals surface area contributed by atoms with Crippen LogP contribution in [-0.4, -0.2) is 31.9 Å². The topological polar surface area (TPSA) is 155 Å². The summed E-state index contributed by atoms with van der Waals surface area (Å²) in [5, 5.41) is 20.9. The lowest BCUT2D eigenvalue weighted by Crippen LogP contribution is -2.06. The van der Waals surface area contributed by atoms with Crippen LogP contribution in [0.4, 0.5) is 11.5 Å². The number of nitrogens with two attached hydrogens (primary N) is 1. The molecule has 2 heterocycles. The number of nitrogen functional groups attached to an aromatic ring is 1. The van der Waals surface area contributed by atoms with Crippen molar-refractivity contribution in [3.63, 3.8) is 0 Å². The number of carbonyl (C=O) groups is 2. The van der Waals surface area contributed by atoms with Gasteiger partial charge in [-0.15, -0.1) is 0 Å². The van der Waals surface area contributed by atoms with Gasteiger partial charge in [0.1, 0.15) is 17.5 Å². The number of nitrogens with zero attached hydrogens (tertiary/aromatic N) is 4. The summed E-state index contributed by atoms with van der Waals surface area (Å²) < 4.78 is 33.2. The Hall–Kier alpha value is -3.97. The molecule has 0 fully saturated rings. The highest BCUT2D eigenvalue weighted by molar-refractivity contribution is 7.98. The van der Waals surface area contributed by atoms with E-state index in [2.05, 4.69) is 20.3 Å². The third-order valence-electron chi connectivity index (χ3n) is 4.00. The number of amides is 1. The minimum Gasteiger partial charge on any atom is -0.481 e. The Bertz CT molecular complexity index is 1380. The number of aliphatic carboxylic acids is 1. The Morgan fingerprint density at radius 2 is 1.94 bits per heavy atom. The van der Waals surface area contributed by atoms with Crippen LogP contribution >= 0.6 is 11.8 Å². The molecule has 3 aromatic rings. The van der Waals surface area contributed by atoms with Gasteiger partial charge in [0.2, 0.25) is 5.91 Å². The highest BCUT2D eigenvalue weighted by Gasteiger charge is 2.15. The molecule has 162 valence electrons. The van der Waals surface area contributed by atoms with Crippen LogP contribution in [-0.2, 0) is 21.8 Å². The number of anilines is 2. The van der Waals surface area contributed by atoms with E-state index in [4.69, 9.17) is 16.3 Å². The molecule has 1 aromatic carbocycles. The zero-order valence-electron chi connectivity index (χ0n) is 20.9. The SMILES string of the molecule is [2H]c1c([2H])c(-c2nc(SCc3cccc(CCC(=O)O)n3)nc(N)c2C#N)c([2H])c([2H])c1NC(C)=O. The monoisotopic (exact) mass is 452 g/mol. The maximum absolute atomic E-state index is 11.4. The van der Waals surface area contributed by atoms with Crippen molar-refractivity contribution in [3.05, 3.63) is 59.3 Å². The fraction of sp³-hybridized carbons (Fsp3) is 0.182. The number of hydrogen-bond donors (Lipinski definition) is 3. The fourth-order valence-electron chi connectivity index (χ4n) is 2.60. The molecular formula is C22H20N6O3S. The van der Waals surface area contributed by atoms with Crippen molar-refractivity contribution in [2.75, 3.05) is 11.1 Å². The first-order valence-electron chi connectivity index (χ1n) is 11.3. The van der Waals surface area contributed by atoms with E-state index in [0.717, 1.165) is 11.8 Å². The van der Waals surface area contributed by atoms with Gasteiger partial charge in [-0.05, 0) is 24.2 Å². The maximum Gasteiger partial charge on any atom is 0.303 e. The highest BCUT2D eigenvalue weighted by Crippen LogP contribution is 2.29. The van der Waals surface area contributed by atoms with Crippen LogP contribution in [0.1, 0.15) is 35.8 Å². The molecule has 0 saturated carbocycles. The lowest BCUT2D eigenvalue weighted by Gasteiger charge is -2.10. The number of carboxylic acid groups (broad SMARTS) is 1. The van der Waals surface area contributed by atoms with Crippen molar-refractivity contribution in [1.29, 1.82) is 5.26 Å². The molecule has 0 aliphatic rings. The van der Waals surface area contributed by atoms with E-state index < -0.39 is 36.0 Å². The lowest BCUT2D eigenvalue weighted by molar-refractivity contribution is -0.137. The first-order valence-corrected chi connectivity index (χ1v) is 10.3. The Labute approximate surface area is 194 Å². The van der Waals surface area contributed by atoms with E-state index in [9.17, 15) is 14.9 Å². The van der Waals surface area contributed by atoms with E-state index >= 15 is 0 Å². The lowest BCUT2D eigenvalue weighted by atomic mass is 10.1. The summed E-state index contributed by atoms with van der Waals surface area (Å²) in [6, 6.07) is 5.07. The number of carboxylic acids is 1. The predicted molar refractivity (Wildman–Crippen MR) is 121 cm³/mol. The third-order valence-corrected chi connectivity index (χ3v) is 4.88. The summed E-state index contributed by atoms with van der Waals surface area (Å²) in [5.74, 6) is -1.41. The second-order valence-electron chi connectivity index (χ2n) is 6.46. The fourth-order valence-corrected chi connectivity index (χ4v) is 3.36. The zero-order valence-corrected chi connectivity index (χ0v) is 17.7. The summed E-state index contributed by atoms with van der Waals surface area (Å²) in [6.45, 7) is 1.18. The van der Waals surface area contributed by atoms with Gasteiger partial charge in [0.05, 0.1) is 23.3 Å². The van der Waals surface area contributed by atoms with Gasteiger partial charge in [0.25, 0.3) is 0 Å². The second kappa shape index (κ2) is 10.4. The number of nitriles is 1. The number of pyridine rings is 1. The first-order chi connectivity index (χ1) is 17.0. The van der Waals surface area contributed by atoms with E-state index in [1.54, 1.807) is 18.2 Å². The molecule has 3 rings (SSSR count). The van der Waals surface area contributed by atoms with Crippen molar-refractivity contribution >= 4 is 35.1 Å². The van der Waals surface area contributed by atoms with Crippen LogP contribution in [0.2, 0.25) is 0 Å². The summed E-state index contributed by atoms with van der Waals surface area (Å²) in [6.07, 6.45) is 0.222. The average Bonchev–Trinajstić information content (AvgIpc) is 2.83. The highest BCUT2D eigenvalue weighted by atomic mass is 32.2. The summed E-state index contributed by atoms with van der Waals surface area (Å²) in [4.78, 5) is 35.1. The molecule has 0 aliphatic carbocycles. The van der Waals surface area contributed by atoms with Crippen LogP contribution in [0.25, 0.3) is 11.3 Å². The van der Waals surface area contributed by atoms with E-state index in [-0.39, 0.29) is 52.1 Å². The number of aromatic nitrogens is 3. The van der Waals surface area contributed by atoms with Crippen molar-refractivity contribution in [3.8, 4) is 17.3 Å². The maximum atomic E-state index is 11.4. The Morgan fingerprint density at radius 1 is 1.22 bits per heavy atom. The van der Waals surface area contributed by atoms with Crippen molar-refractivity contribution in [2.45, 2.75) is 30.7 Å². The molecule has 4 N–H and O–H groups in total. The normalized spacial score (nSPS) is 12.1. The number of rotatable bonds is 8.